The van der Waals surface area contributed by atoms with Crippen molar-refractivity contribution >= 4 is 45.2 Å². The molecule has 0 radical (unpaired) electrons. The van der Waals surface area contributed by atoms with Gasteiger partial charge in [0.2, 0.25) is 29.5 Å². The van der Waals surface area contributed by atoms with E-state index in [1.807, 2.05) is 20.8 Å². The van der Waals surface area contributed by atoms with Crippen molar-refractivity contribution in [2.24, 2.45) is 11.7 Å². The average Bonchev–Trinajstić information content (AvgIpc) is 2.87. The molecule has 0 spiro atoms. The molecule has 14 heteroatoms. The van der Waals surface area contributed by atoms with Crippen LogP contribution in [0.3, 0.4) is 0 Å². The number of sulfone groups is 1. The van der Waals surface area contributed by atoms with Gasteiger partial charge < -0.3 is 27.0 Å². The highest BCUT2D eigenvalue weighted by molar-refractivity contribution is 7.91. The fourth-order valence-corrected chi connectivity index (χ4v) is 4.99. The first-order valence-corrected chi connectivity index (χ1v) is 15.0. The molecule has 0 aromatic heterocycles. The molecular formula is C27H41N5O8S. The topological polar surface area (TPSA) is 211 Å². The zero-order valence-electron chi connectivity index (χ0n) is 23.9. The number of nitrogens with one attached hydrogen (secondary N) is 4. The number of nitrogens with two attached hydrogens (primary N) is 1. The third kappa shape index (κ3) is 14.4. The Morgan fingerprint density at radius 2 is 1.49 bits per heavy atom. The molecule has 1 aromatic rings. The molecule has 41 heavy (non-hydrogen) atoms. The van der Waals surface area contributed by atoms with Crippen molar-refractivity contribution in [2.75, 3.05) is 18.8 Å². The molecule has 2 atom stereocenters. The molecule has 6 N–H and O–H groups in total. The Labute approximate surface area is 240 Å². The van der Waals surface area contributed by atoms with Crippen LogP contribution < -0.4 is 27.0 Å². The van der Waals surface area contributed by atoms with Crippen LogP contribution in [0.25, 0.3) is 0 Å². The molecule has 0 fully saturated rings. The lowest BCUT2D eigenvalue weighted by molar-refractivity contribution is -0.133. The van der Waals surface area contributed by atoms with E-state index in [1.54, 1.807) is 12.1 Å². The fraction of sp³-hybridized carbons (Fsp3) is 0.556. The first kappa shape index (κ1) is 35.2. The van der Waals surface area contributed by atoms with E-state index < -0.39 is 58.0 Å². The maximum absolute atomic E-state index is 12.8. The Balaban J connectivity index is 2.57. The number of carbonyl (C=O) groups is 6. The lowest BCUT2D eigenvalue weighted by Gasteiger charge is -2.23. The minimum absolute atomic E-state index is 0.0590. The highest BCUT2D eigenvalue weighted by Crippen LogP contribution is 2.13. The number of benzene rings is 1. The first-order valence-electron chi connectivity index (χ1n) is 13.3. The summed E-state index contributed by atoms with van der Waals surface area (Å²) in [5.74, 6) is -3.73. The van der Waals surface area contributed by atoms with Gasteiger partial charge in [0.1, 0.15) is 17.9 Å². The van der Waals surface area contributed by atoms with Gasteiger partial charge in [-0.15, -0.1) is 0 Å². The van der Waals surface area contributed by atoms with Crippen molar-refractivity contribution in [3.8, 4) is 0 Å². The average molecular weight is 596 g/mol. The molecule has 13 nitrogen and oxygen atoms in total. The number of aryl methyl sites for hydroxylation is 1. The summed E-state index contributed by atoms with van der Waals surface area (Å²) in [6.07, 6.45) is -0.319. The van der Waals surface area contributed by atoms with Crippen molar-refractivity contribution in [3.63, 3.8) is 0 Å². The molecule has 0 heterocycles. The van der Waals surface area contributed by atoms with E-state index in [0.717, 1.165) is 5.56 Å². The van der Waals surface area contributed by atoms with Crippen LogP contribution in [0, 0.1) is 12.8 Å². The van der Waals surface area contributed by atoms with E-state index in [4.69, 9.17) is 5.73 Å². The summed E-state index contributed by atoms with van der Waals surface area (Å²) >= 11 is 0. The minimum atomic E-state index is -3.61. The van der Waals surface area contributed by atoms with E-state index in [-0.39, 0.29) is 54.6 Å². The number of carbonyl (C=O) groups excluding carboxylic acids is 6. The van der Waals surface area contributed by atoms with Crippen molar-refractivity contribution < 1.29 is 37.2 Å². The number of Topliss-reactive ketones (excluding diaryl/α,β-unsaturated/α-hetero) is 1. The van der Waals surface area contributed by atoms with Gasteiger partial charge in [-0.3, -0.25) is 28.8 Å². The van der Waals surface area contributed by atoms with Gasteiger partial charge in [0.15, 0.2) is 9.84 Å². The van der Waals surface area contributed by atoms with Gasteiger partial charge in [0.25, 0.3) is 0 Å². The maximum Gasteiger partial charge on any atom is 0.243 e. The SMILES string of the molecule is CC(=O)N[C@@H](CC(C)C)C(=O)N[C@@H](CCC(N)=O)C(=O)NCC(=O)NCCC(=O)CCS(=O)(=O)c1ccc(C)cc1. The fourth-order valence-electron chi connectivity index (χ4n) is 3.71. The third-order valence-electron chi connectivity index (χ3n) is 5.89. The van der Waals surface area contributed by atoms with Crippen molar-refractivity contribution in [1.29, 1.82) is 0 Å². The molecule has 0 saturated carbocycles. The quantitative estimate of drug-likeness (QED) is 0.151. The number of primary amides is 1. The number of hydrogen-bond acceptors (Lipinski definition) is 8. The Bertz CT molecular complexity index is 1200. The summed E-state index contributed by atoms with van der Waals surface area (Å²) in [6, 6.07) is 4.23. The van der Waals surface area contributed by atoms with Gasteiger partial charge in [-0.1, -0.05) is 31.5 Å². The van der Waals surface area contributed by atoms with Crippen LogP contribution in [-0.2, 0) is 38.6 Å². The van der Waals surface area contributed by atoms with Gasteiger partial charge in [-0.05, 0) is 37.8 Å². The molecule has 0 aliphatic carbocycles. The standard InChI is InChI=1S/C27H41N5O8S/c1-17(2)15-23(31-19(4)33)27(38)32-22(9-10-24(28)35)26(37)30-16-25(36)29-13-11-20(34)12-14-41(39,40)21-7-5-18(3)6-8-21/h5-8,17,22-23H,9-16H2,1-4H3,(H2,28,35)(H,29,36)(H,30,37)(H,31,33)(H,32,38)/t22-,23-/m0/s1. The van der Waals surface area contributed by atoms with E-state index in [9.17, 15) is 37.2 Å². The summed E-state index contributed by atoms with van der Waals surface area (Å²) in [5.41, 5.74) is 6.09. The van der Waals surface area contributed by atoms with Crippen molar-refractivity contribution in [3.05, 3.63) is 29.8 Å². The van der Waals surface area contributed by atoms with Crippen LogP contribution in [0.2, 0.25) is 0 Å². The summed E-state index contributed by atoms with van der Waals surface area (Å²) in [7, 11) is -3.61. The van der Waals surface area contributed by atoms with Crippen LogP contribution in [0.15, 0.2) is 29.2 Å². The molecule has 0 unspecified atom stereocenters. The van der Waals surface area contributed by atoms with E-state index in [0.29, 0.717) is 6.42 Å². The predicted molar refractivity (Wildman–Crippen MR) is 151 cm³/mol. The highest BCUT2D eigenvalue weighted by atomic mass is 32.2. The second-order valence-electron chi connectivity index (χ2n) is 10.2. The first-order chi connectivity index (χ1) is 19.1. The van der Waals surface area contributed by atoms with E-state index in [1.165, 1.54) is 19.1 Å². The van der Waals surface area contributed by atoms with Gasteiger partial charge in [-0.25, -0.2) is 8.42 Å². The normalized spacial score (nSPS) is 12.6. The van der Waals surface area contributed by atoms with Crippen molar-refractivity contribution in [1.82, 2.24) is 21.3 Å². The second kappa shape index (κ2) is 17.1. The molecule has 1 aromatic carbocycles. The maximum atomic E-state index is 12.8. The molecule has 0 bridgehead atoms. The zero-order valence-corrected chi connectivity index (χ0v) is 24.8. The number of amides is 5. The molecule has 0 aliphatic heterocycles. The zero-order chi connectivity index (χ0) is 31.2. The molecule has 228 valence electrons. The van der Waals surface area contributed by atoms with Gasteiger partial charge in [-0.2, -0.15) is 0 Å². The second-order valence-corrected chi connectivity index (χ2v) is 12.3. The van der Waals surface area contributed by atoms with Crippen LogP contribution in [0.1, 0.15) is 58.4 Å². The Morgan fingerprint density at radius 1 is 0.854 bits per heavy atom. The van der Waals surface area contributed by atoms with Gasteiger partial charge in [0.05, 0.1) is 17.2 Å². The predicted octanol–water partition coefficient (Wildman–Crippen LogP) is -0.348. The van der Waals surface area contributed by atoms with E-state index >= 15 is 0 Å². The summed E-state index contributed by atoms with van der Waals surface area (Å²) in [6.45, 7) is 6.28. The molecule has 1 rings (SSSR count). The Hall–Kier alpha value is -3.81. The Kier molecular flexibility index (Phi) is 14.7. The van der Waals surface area contributed by atoms with Gasteiger partial charge in [0, 0.05) is 32.7 Å². The van der Waals surface area contributed by atoms with Crippen LogP contribution in [-0.4, -0.2) is 74.7 Å². The van der Waals surface area contributed by atoms with Gasteiger partial charge >= 0.3 is 0 Å². The highest BCUT2D eigenvalue weighted by Gasteiger charge is 2.27. The van der Waals surface area contributed by atoms with Crippen LogP contribution >= 0.6 is 0 Å². The Morgan fingerprint density at radius 3 is 2.05 bits per heavy atom. The molecule has 0 aliphatic rings. The number of ketones is 1. The monoisotopic (exact) mass is 595 g/mol. The van der Waals surface area contributed by atoms with Crippen LogP contribution in [0.5, 0.6) is 0 Å². The van der Waals surface area contributed by atoms with Crippen LogP contribution in [0.4, 0.5) is 0 Å². The number of rotatable bonds is 18. The summed E-state index contributed by atoms with van der Waals surface area (Å²) in [4.78, 5) is 72.7. The summed E-state index contributed by atoms with van der Waals surface area (Å²) < 4.78 is 24.8. The molecular weight excluding hydrogens is 554 g/mol. The summed E-state index contributed by atoms with van der Waals surface area (Å²) in [5, 5.41) is 9.87. The molecule has 0 saturated heterocycles. The number of hydrogen-bond donors (Lipinski definition) is 5. The third-order valence-corrected chi connectivity index (χ3v) is 7.62. The minimum Gasteiger partial charge on any atom is -0.370 e. The lowest BCUT2D eigenvalue weighted by atomic mass is 10.0. The smallest absolute Gasteiger partial charge is 0.243 e. The lowest BCUT2D eigenvalue weighted by Crippen LogP contribution is -2.54. The van der Waals surface area contributed by atoms with E-state index in [2.05, 4.69) is 21.3 Å². The largest absolute Gasteiger partial charge is 0.370 e. The molecule has 5 amide bonds. The van der Waals surface area contributed by atoms with Crippen molar-refractivity contribution in [2.45, 2.75) is 76.8 Å².